The topological polar surface area (TPSA) is 165 Å². The SMILES string of the molecule is COC(=O)C(CO[Si](c1ccccc1)(c1ccccc1)C(C)(C)C)NC(=O)C(CO)NC(=O)c1csc(-c2ccc(NC(=O)OC(C)(C)C)cc2)n1. The standard InChI is InChI=1S/C38H46N4O8SSi/c1-37(2,3)50-36(47)39-26-20-18-25(19-21-26)34-42-31(24-51-34)33(45)40-29(22-43)32(44)41-30(35(46)48-7)23-49-52(38(4,5)6,27-14-10-8-11-15-27)28-16-12-9-13-17-28/h8-21,24,29-30,43H,22-23H2,1-7H3,(H,39,47)(H,40,45)(H,41,44). The van der Waals surface area contributed by atoms with Crippen molar-refractivity contribution in [2.75, 3.05) is 25.6 Å². The van der Waals surface area contributed by atoms with Crippen LogP contribution in [-0.4, -0.2) is 80.3 Å². The van der Waals surface area contributed by atoms with Crippen LogP contribution in [0.15, 0.2) is 90.3 Å². The predicted molar refractivity (Wildman–Crippen MR) is 203 cm³/mol. The molecule has 0 aliphatic rings. The molecule has 3 amide bonds. The van der Waals surface area contributed by atoms with Crippen LogP contribution in [-0.2, 0) is 23.5 Å². The van der Waals surface area contributed by atoms with Crippen molar-refractivity contribution in [3.05, 3.63) is 96.0 Å². The molecule has 276 valence electrons. The zero-order valence-corrected chi connectivity index (χ0v) is 32.2. The average molecular weight is 747 g/mol. The van der Waals surface area contributed by atoms with Gasteiger partial charge in [0.1, 0.15) is 28.4 Å². The lowest BCUT2D eigenvalue weighted by molar-refractivity contribution is -0.146. The maximum Gasteiger partial charge on any atom is 0.412 e. The van der Waals surface area contributed by atoms with E-state index in [2.05, 4.69) is 41.7 Å². The van der Waals surface area contributed by atoms with Crippen molar-refractivity contribution >= 4 is 59.6 Å². The molecule has 0 spiro atoms. The minimum absolute atomic E-state index is 0.0294. The van der Waals surface area contributed by atoms with Crippen LogP contribution in [0.4, 0.5) is 10.5 Å². The van der Waals surface area contributed by atoms with E-state index < -0.39 is 61.5 Å². The van der Waals surface area contributed by atoms with E-state index in [1.165, 1.54) is 23.8 Å². The van der Waals surface area contributed by atoms with E-state index in [1.54, 1.807) is 45.0 Å². The molecule has 0 fully saturated rings. The Kier molecular flexibility index (Phi) is 13.1. The van der Waals surface area contributed by atoms with Crippen LogP contribution in [0, 0.1) is 0 Å². The van der Waals surface area contributed by atoms with Gasteiger partial charge in [0.25, 0.3) is 14.2 Å². The molecule has 4 aromatic rings. The molecule has 0 saturated carbocycles. The highest BCUT2D eigenvalue weighted by molar-refractivity contribution is 7.13. The van der Waals surface area contributed by atoms with Crippen molar-refractivity contribution < 1.29 is 38.2 Å². The zero-order valence-electron chi connectivity index (χ0n) is 30.4. The number of aliphatic hydroxyl groups is 1. The Morgan fingerprint density at radius 2 is 1.40 bits per heavy atom. The minimum atomic E-state index is -3.08. The van der Waals surface area contributed by atoms with Crippen molar-refractivity contribution in [1.29, 1.82) is 0 Å². The molecule has 3 aromatic carbocycles. The highest BCUT2D eigenvalue weighted by atomic mass is 32.1. The fourth-order valence-corrected chi connectivity index (χ4v) is 11.0. The van der Waals surface area contributed by atoms with Gasteiger partial charge in [-0.15, -0.1) is 11.3 Å². The van der Waals surface area contributed by atoms with E-state index in [9.17, 15) is 24.3 Å². The molecule has 0 radical (unpaired) electrons. The number of nitrogens with zero attached hydrogens (tertiary/aromatic N) is 1. The zero-order chi connectivity index (χ0) is 38.1. The summed E-state index contributed by atoms with van der Waals surface area (Å²) in [7, 11) is -1.87. The minimum Gasteiger partial charge on any atom is -0.467 e. The van der Waals surface area contributed by atoms with Crippen LogP contribution >= 0.6 is 11.3 Å². The Bertz CT molecular complexity index is 1780. The fourth-order valence-electron chi connectivity index (χ4n) is 5.61. The molecule has 2 atom stereocenters. The summed E-state index contributed by atoms with van der Waals surface area (Å²) in [4.78, 5) is 56.1. The molecule has 1 aromatic heterocycles. The van der Waals surface area contributed by atoms with Crippen LogP contribution in [0.2, 0.25) is 5.04 Å². The summed E-state index contributed by atoms with van der Waals surface area (Å²) in [5.41, 5.74) is 0.603. The molecule has 1 heterocycles. The summed E-state index contributed by atoms with van der Waals surface area (Å²) >= 11 is 1.21. The van der Waals surface area contributed by atoms with Crippen LogP contribution in [0.25, 0.3) is 10.6 Å². The highest BCUT2D eigenvalue weighted by Crippen LogP contribution is 2.37. The molecule has 12 nitrogen and oxygen atoms in total. The molecule has 0 aliphatic heterocycles. The van der Waals surface area contributed by atoms with Gasteiger partial charge in [-0.3, -0.25) is 14.9 Å². The van der Waals surface area contributed by atoms with Gasteiger partial charge in [0.05, 0.1) is 20.3 Å². The molecule has 14 heteroatoms. The first-order chi connectivity index (χ1) is 24.6. The predicted octanol–water partition coefficient (Wildman–Crippen LogP) is 4.48. The Balaban J connectivity index is 1.47. The van der Waals surface area contributed by atoms with Gasteiger partial charge in [-0.25, -0.2) is 14.6 Å². The number of carbonyl (C=O) groups excluding carboxylic acids is 4. The number of benzene rings is 3. The summed E-state index contributed by atoms with van der Waals surface area (Å²) in [6.07, 6.45) is -0.583. The van der Waals surface area contributed by atoms with Crippen LogP contribution < -0.4 is 26.3 Å². The third-order valence-electron chi connectivity index (χ3n) is 8.00. The molecule has 0 aliphatic carbocycles. The number of esters is 1. The Hall–Kier alpha value is -4.89. The fraction of sp³-hybridized carbons (Fsp3) is 0.342. The van der Waals surface area contributed by atoms with Gasteiger partial charge in [-0.2, -0.15) is 0 Å². The third-order valence-corrected chi connectivity index (χ3v) is 13.9. The van der Waals surface area contributed by atoms with Gasteiger partial charge >= 0.3 is 12.1 Å². The normalized spacial score (nSPS) is 13.0. The summed E-state index contributed by atoms with van der Waals surface area (Å²) in [5.74, 6) is -2.25. The lowest BCUT2D eigenvalue weighted by atomic mass is 10.2. The van der Waals surface area contributed by atoms with E-state index in [0.717, 1.165) is 10.4 Å². The van der Waals surface area contributed by atoms with Gasteiger partial charge in [0.2, 0.25) is 5.91 Å². The first-order valence-corrected chi connectivity index (χ1v) is 19.5. The quantitative estimate of drug-likeness (QED) is 0.114. The first kappa shape index (κ1) is 39.9. The maximum atomic E-state index is 13.5. The van der Waals surface area contributed by atoms with E-state index in [-0.39, 0.29) is 12.3 Å². The van der Waals surface area contributed by atoms with Gasteiger partial charge < -0.3 is 29.6 Å². The first-order valence-electron chi connectivity index (χ1n) is 16.7. The van der Waals surface area contributed by atoms with Crippen molar-refractivity contribution in [2.45, 2.75) is 64.3 Å². The average Bonchev–Trinajstić information content (AvgIpc) is 3.60. The Labute approximate surface area is 309 Å². The van der Waals surface area contributed by atoms with Crippen LogP contribution in [0.3, 0.4) is 0 Å². The molecule has 0 bridgehead atoms. The summed E-state index contributed by atoms with van der Waals surface area (Å²) in [5, 5.41) is 21.5. The molecular weight excluding hydrogens is 701 g/mol. The van der Waals surface area contributed by atoms with Gasteiger partial charge in [0.15, 0.2) is 0 Å². The number of carbonyl (C=O) groups is 4. The molecule has 4 rings (SSSR count). The third kappa shape index (κ3) is 9.91. The molecule has 2 unspecified atom stereocenters. The number of aromatic nitrogens is 1. The number of hydrogen-bond acceptors (Lipinski definition) is 10. The molecule has 4 N–H and O–H groups in total. The number of aliphatic hydroxyl groups excluding tert-OH is 1. The maximum absolute atomic E-state index is 13.5. The van der Waals surface area contributed by atoms with Gasteiger partial charge in [-0.05, 0) is 60.4 Å². The second kappa shape index (κ2) is 17.1. The number of methoxy groups -OCH3 is 1. The van der Waals surface area contributed by atoms with Crippen molar-refractivity contribution in [3.63, 3.8) is 0 Å². The Morgan fingerprint density at radius 1 is 0.827 bits per heavy atom. The monoisotopic (exact) mass is 746 g/mol. The summed E-state index contributed by atoms with van der Waals surface area (Å²) < 4.78 is 17.1. The molecular formula is C38H46N4O8SSi. The van der Waals surface area contributed by atoms with Gasteiger partial charge in [-0.1, -0.05) is 81.4 Å². The number of rotatable bonds is 13. The molecule has 52 heavy (non-hydrogen) atoms. The lowest BCUT2D eigenvalue weighted by Crippen LogP contribution is -2.68. The second-order valence-electron chi connectivity index (χ2n) is 14.0. The van der Waals surface area contributed by atoms with E-state index >= 15 is 0 Å². The molecule has 0 saturated heterocycles. The van der Waals surface area contributed by atoms with Crippen LogP contribution in [0.1, 0.15) is 52.0 Å². The number of ether oxygens (including phenoxy) is 2. The highest BCUT2D eigenvalue weighted by Gasteiger charge is 2.50. The Morgan fingerprint density at radius 3 is 1.90 bits per heavy atom. The van der Waals surface area contributed by atoms with E-state index in [0.29, 0.717) is 16.3 Å². The van der Waals surface area contributed by atoms with E-state index in [4.69, 9.17) is 13.9 Å². The summed E-state index contributed by atoms with van der Waals surface area (Å²) in [6.45, 7) is 10.6. The van der Waals surface area contributed by atoms with Crippen molar-refractivity contribution in [1.82, 2.24) is 15.6 Å². The van der Waals surface area contributed by atoms with E-state index in [1.807, 2.05) is 60.7 Å². The second-order valence-corrected chi connectivity index (χ2v) is 19.2. The van der Waals surface area contributed by atoms with Gasteiger partial charge in [0, 0.05) is 16.6 Å². The summed E-state index contributed by atoms with van der Waals surface area (Å²) in [6, 6.07) is 23.8. The largest absolute Gasteiger partial charge is 0.467 e. The smallest absolute Gasteiger partial charge is 0.412 e. The number of hydrogen-bond donors (Lipinski definition) is 4. The van der Waals surface area contributed by atoms with Crippen molar-refractivity contribution in [3.8, 4) is 10.6 Å². The lowest BCUT2D eigenvalue weighted by Gasteiger charge is -2.43. The number of nitrogens with one attached hydrogen (secondary N) is 3. The number of amides is 3. The number of anilines is 1. The van der Waals surface area contributed by atoms with Crippen LogP contribution in [0.5, 0.6) is 0 Å². The van der Waals surface area contributed by atoms with Crippen molar-refractivity contribution in [2.24, 2.45) is 0 Å². The number of thiazole rings is 1.